The molecule has 0 radical (unpaired) electrons. The number of Topliss-reactive ketones (excluding diaryl/α,β-unsaturated/α-hetero) is 1. The molecule has 0 aliphatic heterocycles. The maximum atomic E-state index is 11.2. The van der Waals surface area contributed by atoms with E-state index in [2.05, 4.69) is 12.1 Å². The molecule has 0 spiro atoms. The van der Waals surface area contributed by atoms with Crippen LogP contribution in [0.3, 0.4) is 0 Å². The zero-order chi connectivity index (χ0) is 18.1. The SMILES string of the molecule is CC(=O)Cc1cccc(CCCCc2ccc(CC(=O)NO)cc2)c1. The largest absolute Gasteiger partial charge is 0.300 e. The highest BCUT2D eigenvalue weighted by molar-refractivity contribution is 5.78. The first kappa shape index (κ1) is 18.9. The van der Waals surface area contributed by atoms with Crippen molar-refractivity contribution in [2.24, 2.45) is 0 Å². The number of hydrogen-bond acceptors (Lipinski definition) is 3. The second-order valence-corrected chi connectivity index (χ2v) is 6.43. The van der Waals surface area contributed by atoms with Gasteiger partial charge in [-0.15, -0.1) is 0 Å². The summed E-state index contributed by atoms with van der Waals surface area (Å²) in [4.78, 5) is 22.3. The van der Waals surface area contributed by atoms with Crippen molar-refractivity contribution < 1.29 is 14.8 Å². The Balaban J connectivity index is 1.75. The normalized spacial score (nSPS) is 10.5. The summed E-state index contributed by atoms with van der Waals surface area (Å²) in [6, 6.07) is 16.2. The van der Waals surface area contributed by atoms with Crippen molar-refractivity contribution in [2.45, 2.75) is 45.4 Å². The van der Waals surface area contributed by atoms with Gasteiger partial charge in [-0.05, 0) is 54.9 Å². The summed E-state index contributed by atoms with van der Waals surface area (Å²) in [5, 5.41) is 8.53. The van der Waals surface area contributed by atoms with Gasteiger partial charge in [0.1, 0.15) is 5.78 Å². The Morgan fingerprint density at radius 3 is 2.08 bits per heavy atom. The molecule has 2 N–H and O–H groups in total. The lowest BCUT2D eigenvalue weighted by atomic mass is 10.00. The van der Waals surface area contributed by atoms with Gasteiger partial charge < -0.3 is 0 Å². The second-order valence-electron chi connectivity index (χ2n) is 6.43. The zero-order valence-electron chi connectivity index (χ0n) is 14.6. The summed E-state index contributed by atoms with van der Waals surface area (Å²) >= 11 is 0. The van der Waals surface area contributed by atoms with E-state index < -0.39 is 5.91 Å². The van der Waals surface area contributed by atoms with Crippen molar-refractivity contribution in [3.8, 4) is 0 Å². The molecule has 2 aromatic rings. The van der Waals surface area contributed by atoms with Crippen molar-refractivity contribution in [3.05, 3.63) is 70.8 Å². The van der Waals surface area contributed by atoms with Crippen molar-refractivity contribution in [1.29, 1.82) is 0 Å². The number of hydrogen-bond donors (Lipinski definition) is 2. The van der Waals surface area contributed by atoms with Crippen molar-refractivity contribution in [2.75, 3.05) is 0 Å². The van der Waals surface area contributed by atoms with Gasteiger partial charge in [0, 0.05) is 6.42 Å². The fourth-order valence-electron chi connectivity index (χ4n) is 2.89. The highest BCUT2D eigenvalue weighted by Gasteiger charge is 2.03. The molecule has 0 saturated heterocycles. The molecule has 2 aromatic carbocycles. The minimum atomic E-state index is -0.403. The van der Waals surface area contributed by atoms with Crippen LogP contribution in [-0.4, -0.2) is 16.9 Å². The monoisotopic (exact) mass is 339 g/mol. The topological polar surface area (TPSA) is 66.4 Å². The molecule has 0 bridgehead atoms. The van der Waals surface area contributed by atoms with Crippen molar-refractivity contribution >= 4 is 11.7 Å². The predicted molar refractivity (Wildman–Crippen MR) is 97.5 cm³/mol. The number of ketones is 1. The summed E-state index contributed by atoms with van der Waals surface area (Å²) in [5.41, 5.74) is 6.15. The Kier molecular flexibility index (Phi) is 7.36. The molecule has 0 aliphatic carbocycles. The van der Waals surface area contributed by atoms with Crippen LogP contribution in [-0.2, 0) is 35.3 Å². The smallest absolute Gasteiger partial charge is 0.247 e. The van der Waals surface area contributed by atoms with Gasteiger partial charge in [0.25, 0.3) is 0 Å². The fraction of sp³-hybridized carbons (Fsp3) is 0.333. The van der Waals surface area contributed by atoms with Crippen LogP contribution in [0, 0.1) is 0 Å². The Bertz CT molecular complexity index is 707. The molecule has 0 unspecified atom stereocenters. The lowest BCUT2D eigenvalue weighted by Gasteiger charge is -2.06. The third kappa shape index (κ3) is 6.89. The quantitative estimate of drug-likeness (QED) is 0.418. The number of aryl methyl sites for hydroxylation is 2. The Labute approximate surface area is 148 Å². The van der Waals surface area contributed by atoms with E-state index in [9.17, 15) is 9.59 Å². The molecule has 0 saturated carbocycles. The maximum absolute atomic E-state index is 11.2. The first-order chi connectivity index (χ1) is 12.1. The van der Waals surface area contributed by atoms with Crippen LogP contribution >= 0.6 is 0 Å². The van der Waals surface area contributed by atoms with E-state index in [0.717, 1.165) is 36.8 Å². The standard InChI is InChI=1S/C21H25NO3/c1-16(23)13-20-8-4-7-18(14-20)6-3-2-5-17-9-11-19(12-10-17)15-21(24)22-25/h4,7-12,14,25H,2-3,5-6,13,15H2,1H3,(H,22,24). The Hall–Kier alpha value is -2.46. The number of carbonyl (C=O) groups excluding carboxylic acids is 2. The summed E-state index contributed by atoms with van der Waals surface area (Å²) in [7, 11) is 0. The molecule has 4 heteroatoms. The summed E-state index contributed by atoms with van der Waals surface area (Å²) in [6.07, 6.45) is 4.90. The number of nitrogens with one attached hydrogen (secondary N) is 1. The molecule has 1 amide bonds. The van der Waals surface area contributed by atoms with E-state index in [1.165, 1.54) is 11.1 Å². The van der Waals surface area contributed by atoms with Gasteiger partial charge in [-0.25, -0.2) is 5.48 Å². The van der Waals surface area contributed by atoms with Crippen LogP contribution in [0.25, 0.3) is 0 Å². The molecule has 2 rings (SSSR count). The number of benzene rings is 2. The van der Waals surface area contributed by atoms with Crippen LogP contribution in [0.5, 0.6) is 0 Å². The number of unbranched alkanes of at least 4 members (excludes halogenated alkanes) is 1. The highest BCUT2D eigenvalue weighted by Crippen LogP contribution is 2.13. The van der Waals surface area contributed by atoms with Crippen LogP contribution in [0.4, 0.5) is 0 Å². The van der Waals surface area contributed by atoms with Gasteiger partial charge in [-0.1, -0.05) is 48.5 Å². The van der Waals surface area contributed by atoms with Crippen molar-refractivity contribution in [3.63, 3.8) is 0 Å². The number of rotatable bonds is 9. The molecule has 0 aromatic heterocycles. The van der Waals surface area contributed by atoms with Gasteiger partial charge in [0.2, 0.25) is 5.91 Å². The molecule has 0 atom stereocenters. The molecule has 25 heavy (non-hydrogen) atoms. The Morgan fingerprint density at radius 2 is 1.44 bits per heavy atom. The Morgan fingerprint density at radius 1 is 0.840 bits per heavy atom. The van der Waals surface area contributed by atoms with Gasteiger partial charge in [-0.2, -0.15) is 0 Å². The number of carbonyl (C=O) groups is 2. The van der Waals surface area contributed by atoms with Gasteiger partial charge in [-0.3, -0.25) is 14.8 Å². The number of hydroxylamine groups is 1. The molecule has 4 nitrogen and oxygen atoms in total. The average molecular weight is 339 g/mol. The van der Waals surface area contributed by atoms with Gasteiger partial charge in [0.05, 0.1) is 6.42 Å². The third-order valence-electron chi connectivity index (χ3n) is 4.14. The summed E-state index contributed by atoms with van der Waals surface area (Å²) in [6.45, 7) is 1.62. The maximum Gasteiger partial charge on any atom is 0.247 e. The van der Waals surface area contributed by atoms with E-state index in [1.54, 1.807) is 12.4 Å². The van der Waals surface area contributed by atoms with Crippen LogP contribution in [0.2, 0.25) is 0 Å². The van der Waals surface area contributed by atoms with Gasteiger partial charge in [0.15, 0.2) is 0 Å². The average Bonchev–Trinajstić information content (AvgIpc) is 2.60. The first-order valence-electron chi connectivity index (χ1n) is 8.65. The van der Waals surface area contributed by atoms with Crippen molar-refractivity contribution in [1.82, 2.24) is 5.48 Å². The third-order valence-corrected chi connectivity index (χ3v) is 4.14. The first-order valence-corrected chi connectivity index (χ1v) is 8.65. The minimum Gasteiger partial charge on any atom is -0.300 e. The predicted octanol–water partition coefficient (Wildman–Crippen LogP) is 3.43. The fourth-order valence-corrected chi connectivity index (χ4v) is 2.89. The molecule has 0 aliphatic rings. The van der Waals surface area contributed by atoms with E-state index in [-0.39, 0.29) is 12.2 Å². The van der Waals surface area contributed by atoms with Crippen LogP contribution in [0.1, 0.15) is 42.0 Å². The van der Waals surface area contributed by atoms with E-state index in [4.69, 9.17) is 5.21 Å². The molecular weight excluding hydrogens is 314 g/mol. The lowest BCUT2D eigenvalue weighted by molar-refractivity contribution is -0.128. The van der Waals surface area contributed by atoms with Gasteiger partial charge >= 0.3 is 0 Å². The molecule has 0 heterocycles. The van der Waals surface area contributed by atoms with E-state index in [1.807, 2.05) is 36.4 Å². The summed E-state index contributed by atoms with van der Waals surface area (Å²) in [5.74, 6) is -0.211. The van der Waals surface area contributed by atoms with E-state index >= 15 is 0 Å². The second kappa shape index (κ2) is 9.74. The highest BCUT2D eigenvalue weighted by atomic mass is 16.5. The summed E-state index contributed by atoms with van der Waals surface area (Å²) < 4.78 is 0. The molecule has 0 fully saturated rings. The zero-order valence-corrected chi connectivity index (χ0v) is 14.6. The minimum absolute atomic E-state index is 0.188. The van der Waals surface area contributed by atoms with E-state index in [0.29, 0.717) is 6.42 Å². The lowest BCUT2D eigenvalue weighted by Crippen LogP contribution is -2.20. The molecule has 132 valence electrons. The van der Waals surface area contributed by atoms with Crippen LogP contribution in [0.15, 0.2) is 48.5 Å². The number of amides is 1. The van der Waals surface area contributed by atoms with Crippen LogP contribution < -0.4 is 5.48 Å². The molecular formula is C21H25NO3.